The molecular weight excluding hydrogens is 414 g/mol. The molecule has 3 rings (SSSR count). The van der Waals surface area contributed by atoms with E-state index in [0.717, 1.165) is 5.56 Å². The molecule has 0 aliphatic heterocycles. The number of nitrogens with one attached hydrogen (secondary N) is 1. The molecule has 8 nitrogen and oxygen atoms in total. The zero-order chi connectivity index (χ0) is 21.3. The number of benzene rings is 2. The van der Waals surface area contributed by atoms with Gasteiger partial charge in [0.05, 0.1) is 16.3 Å². The van der Waals surface area contributed by atoms with Crippen LogP contribution < -0.4 is 5.56 Å². The number of nitrogens with zero attached hydrogens (tertiary/aromatic N) is 4. The maximum absolute atomic E-state index is 12.8. The minimum Gasteiger partial charge on any atom is -0.279 e. The molecule has 0 saturated carbocycles. The third kappa shape index (κ3) is 3.99. The Morgan fingerprint density at radius 3 is 2.38 bits per heavy atom. The summed E-state index contributed by atoms with van der Waals surface area (Å²) < 4.78 is 24.5. The molecule has 3 aromatic rings. The first-order valence-corrected chi connectivity index (χ1v) is 10.7. The van der Waals surface area contributed by atoms with Crippen molar-refractivity contribution in [3.63, 3.8) is 0 Å². The van der Waals surface area contributed by atoms with Crippen molar-refractivity contribution in [3.05, 3.63) is 69.1 Å². The van der Waals surface area contributed by atoms with Crippen LogP contribution in [-0.2, 0) is 9.05 Å². The Morgan fingerprint density at radius 1 is 1.07 bits per heavy atom. The van der Waals surface area contributed by atoms with E-state index in [-0.39, 0.29) is 16.3 Å². The van der Waals surface area contributed by atoms with Crippen LogP contribution in [0.15, 0.2) is 56.3 Å². The highest BCUT2D eigenvalue weighted by Gasteiger charge is 2.18. The van der Waals surface area contributed by atoms with E-state index >= 15 is 0 Å². The topological polar surface area (TPSA) is 120 Å². The molecule has 0 bridgehead atoms. The second kappa shape index (κ2) is 7.66. The molecule has 0 fully saturated rings. The molecule has 2 aromatic carbocycles. The Labute approximate surface area is 171 Å². The minimum absolute atomic E-state index is 0.0168. The first-order chi connectivity index (χ1) is 13.6. The lowest BCUT2D eigenvalue weighted by Crippen LogP contribution is -2.15. The van der Waals surface area contributed by atoms with Crippen LogP contribution in [0, 0.1) is 32.1 Å². The number of nitriles is 1. The fourth-order valence-electron chi connectivity index (χ4n) is 2.83. The summed E-state index contributed by atoms with van der Waals surface area (Å²) in [4.78, 5) is 12.8. The van der Waals surface area contributed by atoms with E-state index in [1.165, 1.54) is 16.8 Å². The van der Waals surface area contributed by atoms with Crippen molar-refractivity contribution in [2.75, 3.05) is 0 Å². The number of halogens is 1. The molecule has 0 radical (unpaired) electrons. The highest BCUT2D eigenvalue weighted by Crippen LogP contribution is 2.29. The van der Waals surface area contributed by atoms with Gasteiger partial charge >= 0.3 is 0 Å². The van der Waals surface area contributed by atoms with Crippen molar-refractivity contribution in [2.24, 2.45) is 10.2 Å². The lowest BCUT2D eigenvalue weighted by atomic mass is 10.1. The monoisotopic (exact) mass is 429 g/mol. The normalized spacial score (nSPS) is 11.7. The summed E-state index contributed by atoms with van der Waals surface area (Å²) in [5.41, 5.74) is 2.01. The fraction of sp³-hybridized carbons (Fsp3) is 0.158. The summed E-state index contributed by atoms with van der Waals surface area (Å²) in [6, 6.07) is 12.0. The maximum Gasteiger partial charge on any atom is 0.300 e. The number of para-hydroxylation sites is 1. The zero-order valence-electron chi connectivity index (χ0n) is 15.8. The highest BCUT2D eigenvalue weighted by molar-refractivity contribution is 8.13. The van der Waals surface area contributed by atoms with Crippen LogP contribution in [0.5, 0.6) is 0 Å². The van der Waals surface area contributed by atoms with E-state index in [0.29, 0.717) is 22.5 Å². The van der Waals surface area contributed by atoms with E-state index in [4.69, 9.17) is 10.7 Å². The van der Waals surface area contributed by atoms with Gasteiger partial charge in [0.25, 0.3) is 14.6 Å². The fourth-order valence-corrected chi connectivity index (χ4v) is 4.09. The maximum atomic E-state index is 12.8. The lowest BCUT2D eigenvalue weighted by molar-refractivity contribution is 0.609. The number of hydrogen-bond acceptors (Lipinski definition) is 6. The quantitative estimate of drug-likeness (QED) is 0.490. The van der Waals surface area contributed by atoms with E-state index in [2.05, 4.69) is 15.3 Å². The smallest absolute Gasteiger partial charge is 0.279 e. The number of azo groups is 1. The van der Waals surface area contributed by atoms with Crippen LogP contribution >= 0.6 is 10.7 Å². The number of aromatic amines is 1. The van der Waals surface area contributed by atoms with Crippen LogP contribution in [0.4, 0.5) is 11.4 Å². The molecule has 148 valence electrons. The third-order valence-electron chi connectivity index (χ3n) is 4.35. The molecule has 29 heavy (non-hydrogen) atoms. The number of rotatable bonds is 4. The summed E-state index contributed by atoms with van der Waals surface area (Å²) in [5.74, 6) is 0. The van der Waals surface area contributed by atoms with Gasteiger partial charge in [0.2, 0.25) is 0 Å². The number of H-pyrrole nitrogens is 1. The first-order valence-electron chi connectivity index (χ1n) is 8.42. The van der Waals surface area contributed by atoms with Gasteiger partial charge in [-0.1, -0.05) is 18.2 Å². The molecule has 1 aromatic heterocycles. The van der Waals surface area contributed by atoms with E-state index in [1.807, 2.05) is 25.1 Å². The van der Waals surface area contributed by atoms with Gasteiger partial charge in [0.1, 0.15) is 6.07 Å². The van der Waals surface area contributed by atoms with Crippen molar-refractivity contribution < 1.29 is 8.42 Å². The van der Waals surface area contributed by atoms with Gasteiger partial charge in [-0.3, -0.25) is 9.89 Å². The molecule has 0 spiro atoms. The Balaban J connectivity index is 2.09. The predicted octanol–water partition coefficient (Wildman–Crippen LogP) is 4.31. The van der Waals surface area contributed by atoms with E-state index < -0.39 is 14.6 Å². The second-order valence-electron chi connectivity index (χ2n) is 6.42. The highest BCUT2D eigenvalue weighted by atomic mass is 35.7. The van der Waals surface area contributed by atoms with Crippen LogP contribution in [0.2, 0.25) is 0 Å². The zero-order valence-corrected chi connectivity index (χ0v) is 17.3. The lowest BCUT2D eigenvalue weighted by Gasteiger charge is -2.06. The molecule has 0 unspecified atom stereocenters. The third-order valence-corrected chi connectivity index (χ3v) is 5.81. The second-order valence-corrected chi connectivity index (χ2v) is 8.95. The van der Waals surface area contributed by atoms with Crippen molar-refractivity contribution in [2.45, 2.75) is 25.7 Å². The van der Waals surface area contributed by atoms with Crippen molar-refractivity contribution in [3.8, 4) is 11.8 Å². The summed E-state index contributed by atoms with van der Waals surface area (Å²) in [6.07, 6.45) is 0. The van der Waals surface area contributed by atoms with Crippen LogP contribution in [0.1, 0.15) is 22.4 Å². The van der Waals surface area contributed by atoms with Gasteiger partial charge in [-0.2, -0.15) is 5.26 Å². The number of aromatic nitrogens is 2. The minimum atomic E-state index is -3.89. The Hall–Kier alpha value is -3.22. The molecule has 10 heteroatoms. The number of aryl methyl sites for hydroxylation is 3. The molecule has 0 atom stereocenters. The van der Waals surface area contributed by atoms with Crippen LogP contribution in [0.3, 0.4) is 0 Å². The van der Waals surface area contributed by atoms with Gasteiger partial charge in [-0.25, -0.2) is 13.1 Å². The predicted molar refractivity (Wildman–Crippen MR) is 109 cm³/mol. The molecule has 0 aliphatic carbocycles. The molecule has 0 aliphatic rings. The largest absolute Gasteiger partial charge is 0.300 e. The van der Waals surface area contributed by atoms with Gasteiger partial charge < -0.3 is 0 Å². The van der Waals surface area contributed by atoms with Gasteiger partial charge in [-0.15, -0.1) is 10.2 Å². The summed E-state index contributed by atoms with van der Waals surface area (Å²) >= 11 is 0. The van der Waals surface area contributed by atoms with E-state index in [1.54, 1.807) is 26.0 Å². The van der Waals surface area contributed by atoms with Gasteiger partial charge in [-0.05, 0) is 55.7 Å². The van der Waals surface area contributed by atoms with E-state index in [9.17, 15) is 18.5 Å². The first kappa shape index (κ1) is 20.5. The molecule has 0 saturated heterocycles. The molecule has 1 heterocycles. The van der Waals surface area contributed by atoms with Crippen molar-refractivity contribution in [1.82, 2.24) is 9.78 Å². The summed E-state index contributed by atoms with van der Waals surface area (Å²) in [5, 5.41) is 20.2. The van der Waals surface area contributed by atoms with Gasteiger partial charge in [0.15, 0.2) is 11.4 Å². The van der Waals surface area contributed by atoms with Crippen molar-refractivity contribution in [1.29, 1.82) is 5.26 Å². The molecule has 0 amide bonds. The summed E-state index contributed by atoms with van der Waals surface area (Å²) in [6.45, 7) is 5.07. The summed E-state index contributed by atoms with van der Waals surface area (Å²) in [7, 11) is 1.54. The Kier molecular flexibility index (Phi) is 5.42. The molecular formula is C19H16ClN5O3S. The van der Waals surface area contributed by atoms with Crippen LogP contribution in [-0.4, -0.2) is 18.2 Å². The molecule has 1 N–H and O–H groups in total. The SMILES string of the molecule is Cc1cc(S(=O)(=O)Cl)c(C)cc1N=Nc1c(C#N)[nH]n(-c2ccccc2C)c1=O. The number of hydrogen-bond donors (Lipinski definition) is 1. The van der Waals surface area contributed by atoms with Crippen molar-refractivity contribution >= 4 is 31.1 Å². The Bertz CT molecular complexity index is 1350. The van der Waals surface area contributed by atoms with Gasteiger partial charge in [0, 0.05) is 10.7 Å². The average molecular weight is 430 g/mol. The standard InChI is InChI=1S/C19H16ClN5O3S/c1-11-6-4-5-7-16(11)25-19(26)18(15(10-21)24-25)23-22-14-8-13(3)17(9-12(14)2)29(20,27)28/h4-9,24H,1-3H3. The Morgan fingerprint density at radius 2 is 1.76 bits per heavy atom. The average Bonchev–Trinajstić information content (AvgIpc) is 2.97. The van der Waals surface area contributed by atoms with Crippen LogP contribution in [0.25, 0.3) is 5.69 Å².